The number of fused-ring (bicyclic) bond motifs is 5. The molecule has 190 valence electrons. The summed E-state index contributed by atoms with van der Waals surface area (Å²) in [6.45, 7) is -0.167. The second kappa shape index (κ2) is 8.00. The Morgan fingerprint density at radius 2 is 1.94 bits per heavy atom. The van der Waals surface area contributed by atoms with E-state index in [0.29, 0.717) is 10.8 Å². The number of aromatic nitrogens is 4. The highest BCUT2D eigenvalue weighted by Gasteiger charge is 2.55. The molecule has 15 nitrogen and oxygen atoms in total. The van der Waals surface area contributed by atoms with Gasteiger partial charge in [-0.15, -0.1) is 4.28 Å². The van der Waals surface area contributed by atoms with E-state index in [1.165, 1.54) is 30.7 Å². The van der Waals surface area contributed by atoms with Crippen molar-refractivity contribution in [3.63, 3.8) is 0 Å². The fourth-order valence-electron chi connectivity index (χ4n) is 4.66. The van der Waals surface area contributed by atoms with Gasteiger partial charge in [0, 0.05) is 44.8 Å². The maximum Gasteiger partial charge on any atom is 0.418 e. The molecule has 0 saturated carbocycles. The number of aryl methyl sites for hydroxylation is 2. The van der Waals surface area contributed by atoms with Gasteiger partial charge in [-0.2, -0.15) is 23.7 Å². The first-order chi connectivity index (χ1) is 16.9. The number of nitrogens with one attached hydrogen (secondary N) is 1. The lowest BCUT2D eigenvalue weighted by Crippen LogP contribution is -2.44. The Labute approximate surface area is 204 Å². The minimum atomic E-state index is -5.08. The Bertz CT molecular complexity index is 1540. The summed E-state index contributed by atoms with van der Waals surface area (Å²) in [5.41, 5.74) is 1.55. The Morgan fingerprint density at radius 3 is 2.61 bits per heavy atom. The second-order valence-corrected chi connectivity index (χ2v) is 9.69. The molecule has 2 bridgehead atoms. The van der Waals surface area contributed by atoms with Crippen molar-refractivity contribution in [3.8, 4) is 0 Å². The molecule has 36 heavy (non-hydrogen) atoms. The highest BCUT2D eigenvalue weighted by molar-refractivity contribution is 7.80. The second-order valence-electron chi connectivity index (χ2n) is 8.68. The van der Waals surface area contributed by atoms with E-state index in [9.17, 15) is 27.4 Å². The van der Waals surface area contributed by atoms with Gasteiger partial charge in [0.2, 0.25) is 0 Å². The van der Waals surface area contributed by atoms with Gasteiger partial charge in [-0.05, 0) is 18.2 Å². The lowest BCUT2D eigenvalue weighted by molar-refractivity contribution is -0.134. The molecular formula is C20H22N8O7S. The molecule has 5 rings (SSSR count). The van der Waals surface area contributed by atoms with Gasteiger partial charge in [-0.25, -0.2) is 4.79 Å². The molecule has 2 unspecified atom stereocenters. The van der Waals surface area contributed by atoms with Crippen molar-refractivity contribution in [2.24, 2.45) is 14.1 Å². The number of amides is 4. The Hall–Kier alpha value is -4.02. The summed E-state index contributed by atoms with van der Waals surface area (Å²) >= 11 is 0. The van der Waals surface area contributed by atoms with E-state index < -0.39 is 40.3 Å². The first kappa shape index (κ1) is 23.7. The van der Waals surface area contributed by atoms with Crippen molar-refractivity contribution in [1.82, 2.24) is 34.4 Å². The van der Waals surface area contributed by atoms with Crippen LogP contribution >= 0.6 is 0 Å². The van der Waals surface area contributed by atoms with Crippen LogP contribution < -0.4 is 5.32 Å². The van der Waals surface area contributed by atoms with Crippen LogP contribution in [0.5, 0.6) is 0 Å². The quantitative estimate of drug-likeness (QED) is 0.448. The smallest absolute Gasteiger partial charge is 0.347 e. The molecule has 2 aliphatic heterocycles. The molecule has 2 aliphatic rings. The van der Waals surface area contributed by atoms with Gasteiger partial charge in [0.1, 0.15) is 6.04 Å². The number of benzene rings is 1. The van der Waals surface area contributed by atoms with Crippen LogP contribution in [0.2, 0.25) is 0 Å². The molecule has 1 aromatic carbocycles. The van der Waals surface area contributed by atoms with Gasteiger partial charge >= 0.3 is 16.4 Å². The largest absolute Gasteiger partial charge is 0.418 e. The molecule has 16 heteroatoms. The zero-order chi connectivity index (χ0) is 26.1. The van der Waals surface area contributed by atoms with Crippen molar-refractivity contribution < 1.29 is 31.6 Å². The predicted octanol–water partition coefficient (Wildman–Crippen LogP) is 0.215. The molecule has 4 amide bonds. The number of hydrogen-bond donors (Lipinski definition) is 2. The summed E-state index contributed by atoms with van der Waals surface area (Å²) in [4.78, 5) is 41.9. The molecule has 4 heterocycles. The number of rotatable bonds is 5. The molecule has 0 radical (unpaired) electrons. The van der Waals surface area contributed by atoms with Crippen LogP contribution in [0.15, 0.2) is 24.4 Å². The van der Waals surface area contributed by atoms with Crippen LogP contribution in [0.1, 0.15) is 33.8 Å². The summed E-state index contributed by atoms with van der Waals surface area (Å²) in [5, 5.41) is 12.5. The van der Waals surface area contributed by atoms with Gasteiger partial charge in [0.15, 0.2) is 11.7 Å². The third kappa shape index (κ3) is 3.66. The van der Waals surface area contributed by atoms with Gasteiger partial charge in [-0.3, -0.25) is 23.5 Å². The van der Waals surface area contributed by atoms with Crippen LogP contribution in [0.3, 0.4) is 0 Å². The first-order valence-electron chi connectivity index (χ1n) is 10.6. The average molecular weight is 519 g/mol. The molecule has 2 aromatic heterocycles. The third-order valence-electron chi connectivity index (χ3n) is 6.19. The molecule has 3 aromatic rings. The number of hydrogen-bond acceptors (Lipinski definition) is 8. The van der Waals surface area contributed by atoms with E-state index in [1.54, 1.807) is 36.1 Å². The number of carbonyl (C=O) groups excluding carboxylic acids is 3. The van der Waals surface area contributed by atoms with Crippen molar-refractivity contribution in [2.45, 2.75) is 12.1 Å². The molecule has 2 N–H and O–H groups in total. The summed E-state index contributed by atoms with van der Waals surface area (Å²) in [7, 11) is 1.22. The van der Waals surface area contributed by atoms with E-state index in [0.717, 1.165) is 15.8 Å². The minimum absolute atomic E-state index is 0.126. The van der Waals surface area contributed by atoms with Crippen LogP contribution in [-0.2, 0) is 33.6 Å². The molecule has 1 fully saturated rings. The average Bonchev–Trinajstić information content (AvgIpc) is 3.42. The number of urea groups is 1. The fourth-order valence-corrected chi connectivity index (χ4v) is 5.03. The highest BCUT2D eigenvalue weighted by Crippen LogP contribution is 2.46. The maximum absolute atomic E-state index is 13.4. The highest BCUT2D eigenvalue weighted by atomic mass is 32.3. The molecular weight excluding hydrogens is 496 g/mol. The lowest BCUT2D eigenvalue weighted by Gasteiger charge is -2.32. The number of nitrogens with zero attached hydrogens (tertiary/aromatic N) is 7. The molecule has 0 aliphatic carbocycles. The fraction of sp³-hybridized carbons (Fsp3) is 0.350. The monoisotopic (exact) mass is 518 g/mol. The van der Waals surface area contributed by atoms with Crippen LogP contribution in [-0.4, -0.2) is 85.9 Å². The lowest BCUT2D eigenvalue weighted by atomic mass is 9.94. The Kier molecular flexibility index (Phi) is 5.27. The van der Waals surface area contributed by atoms with Gasteiger partial charge < -0.3 is 15.1 Å². The number of anilines is 1. The molecule has 2 atom stereocenters. The van der Waals surface area contributed by atoms with Gasteiger partial charge in [0.05, 0.1) is 24.0 Å². The van der Waals surface area contributed by atoms with Crippen LogP contribution in [0.25, 0.3) is 10.9 Å². The topological polar surface area (TPSA) is 172 Å². The van der Waals surface area contributed by atoms with Crippen molar-refractivity contribution in [3.05, 3.63) is 41.3 Å². The SMILES string of the molecule is CN(C)C(=O)C1c2c(c(C(=O)Nc3ccc4c(cnn4C)c3)nn2C)C2CN1C(=O)N2OS(=O)(=O)O. The third-order valence-corrected chi connectivity index (χ3v) is 6.54. The number of hydroxylamine groups is 2. The molecule has 1 saturated heterocycles. The minimum Gasteiger partial charge on any atom is -0.347 e. The zero-order valence-electron chi connectivity index (χ0n) is 19.6. The zero-order valence-corrected chi connectivity index (χ0v) is 20.4. The summed E-state index contributed by atoms with van der Waals surface area (Å²) in [6, 6.07) is 1.91. The summed E-state index contributed by atoms with van der Waals surface area (Å²) < 4.78 is 39.7. The van der Waals surface area contributed by atoms with Crippen LogP contribution in [0.4, 0.5) is 10.5 Å². The van der Waals surface area contributed by atoms with Gasteiger partial charge in [0.25, 0.3) is 11.8 Å². The van der Waals surface area contributed by atoms with E-state index in [1.807, 2.05) is 0 Å². The first-order valence-corrected chi connectivity index (χ1v) is 12.0. The Balaban J connectivity index is 1.59. The van der Waals surface area contributed by atoms with E-state index in [4.69, 9.17) is 0 Å². The summed E-state index contributed by atoms with van der Waals surface area (Å²) in [5.74, 6) is -1.14. The summed E-state index contributed by atoms with van der Waals surface area (Å²) in [6.07, 6.45) is 1.65. The van der Waals surface area contributed by atoms with E-state index in [2.05, 4.69) is 19.8 Å². The standard InChI is InChI=1S/C20H22N8O7S/c1-24(2)19(30)17-16-14(13-9-27(17)20(31)28(13)35-36(32,33)34)15(23-26(16)4)18(29)22-11-5-6-12-10(7-11)8-21-25(12)3/h5-8,13,17H,9H2,1-4H3,(H,22,29)(H,32,33,34). The van der Waals surface area contributed by atoms with Crippen molar-refractivity contribution in [2.75, 3.05) is 26.0 Å². The number of likely N-dealkylation sites (N-methyl/N-ethyl adjacent to an activating group) is 1. The number of carbonyl (C=O) groups is 3. The van der Waals surface area contributed by atoms with Gasteiger partial charge in [-0.1, -0.05) is 0 Å². The molecule has 0 spiro atoms. The normalized spacial score (nSPS) is 19.1. The van der Waals surface area contributed by atoms with Crippen LogP contribution in [0, 0.1) is 0 Å². The van der Waals surface area contributed by atoms with Crippen molar-refractivity contribution >= 4 is 44.8 Å². The van der Waals surface area contributed by atoms with E-state index >= 15 is 0 Å². The van der Waals surface area contributed by atoms with E-state index in [-0.39, 0.29) is 23.5 Å². The Morgan fingerprint density at radius 1 is 1.22 bits per heavy atom. The van der Waals surface area contributed by atoms with Crippen molar-refractivity contribution in [1.29, 1.82) is 0 Å². The predicted molar refractivity (Wildman–Crippen MR) is 123 cm³/mol. The maximum atomic E-state index is 13.4.